The van der Waals surface area contributed by atoms with Gasteiger partial charge in [0.1, 0.15) is 18.0 Å². The normalized spacial score (nSPS) is 34.3. The van der Waals surface area contributed by atoms with Gasteiger partial charge in [0.15, 0.2) is 0 Å². The van der Waals surface area contributed by atoms with E-state index in [0.29, 0.717) is 16.9 Å². The van der Waals surface area contributed by atoms with Crippen molar-refractivity contribution in [3.63, 3.8) is 0 Å². The Hall–Kier alpha value is -2.38. The van der Waals surface area contributed by atoms with Gasteiger partial charge in [-0.2, -0.15) is 0 Å². The molecule has 3 rings (SSSR count). The predicted octanol–water partition coefficient (Wildman–Crippen LogP) is 3.28. The average molecular weight is 447 g/mol. The number of hydrogen-bond acceptors (Lipinski definition) is 7. The molecule has 1 fully saturated rings. The third kappa shape index (κ3) is 4.28. The Morgan fingerprint density at radius 1 is 1.12 bits per heavy atom. The second-order valence-electron chi connectivity index (χ2n) is 9.66. The standard InChI is InChI=1S/C25H34O7/c1-14(2)25(29)13-21(31-16(4)26)24(5)12-19(27)15(3)11-20(22(24)25)32-23(28)17-7-9-18(30-6)10-8-17/h7-11,14,19-22,27,29H,12-13H2,1-6H3/t19-,20-,21-,22+,24-,25+/m0/s1. The third-order valence-electron chi connectivity index (χ3n) is 7.29. The van der Waals surface area contributed by atoms with Gasteiger partial charge in [-0.15, -0.1) is 0 Å². The van der Waals surface area contributed by atoms with Gasteiger partial charge in [-0.1, -0.05) is 20.8 Å². The van der Waals surface area contributed by atoms with Crippen LogP contribution in [-0.2, 0) is 14.3 Å². The van der Waals surface area contributed by atoms with Gasteiger partial charge in [0.2, 0.25) is 0 Å². The third-order valence-corrected chi connectivity index (χ3v) is 7.29. The number of carbonyl (C=O) groups is 2. The minimum Gasteiger partial charge on any atom is -0.497 e. The molecular weight excluding hydrogens is 412 g/mol. The van der Waals surface area contributed by atoms with E-state index in [4.69, 9.17) is 14.2 Å². The van der Waals surface area contributed by atoms with Crippen LogP contribution in [0, 0.1) is 17.3 Å². The van der Waals surface area contributed by atoms with E-state index in [0.717, 1.165) is 0 Å². The van der Waals surface area contributed by atoms with Crippen LogP contribution in [0.3, 0.4) is 0 Å². The number of hydrogen-bond donors (Lipinski definition) is 2. The fraction of sp³-hybridized carbons (Fsp3) is 0.600. The molecule has 0 unspecified atom stereocenters. The summed E-state index contributed by atoms with van der Waals surface area (Å²) < 4.78 is 16.7. The molecule has 0 heterocycles. The summed E-state index contributed by atoms with van der Waals surface area (Å²) in [6, 6.07) is 6.59. The highest BCUT2D eigenvalue weighted by Gasteiger charge is 2.65. The number of carbonyl (C=O) groups excluding carboxylic acids is 2. The maximum atomic E-state index is 13.0. The number of rotatable bonds is 5. The zero-order valence-electron chi connectivity index (χ0n) is 19.6. The van der Waals surface area contributed by atoms with E-state index in [1.165, 1.54) is 6.92 Å². The molecule has 0 aliphatic heterocycles. The zero-order valence-corrected chi connectivity index (χ0v) is 19.6. The summed E-state index contributed by atoms with van der Waals surface area (Å²) >= 11 is 0. The molecule has 2 aliphatic rings. The Kier molecular flexibility index (Phi) is 6.72. The Morgan fingerprint density at radius 3 is 2.28 bits per heavy atom. The van der Waals surface area contributed by atoms with Crippen molar-refractivity contribution >= 4 is 11.9 Å². The van der Waals surface area contributed by atoms with Crippen molar-refractivity contribution in [1.82, 2.24) is 0 Å². The van der Waals surface area contributed by atoms with Crippen LogP contribution in [0.1, 0.15) is 57.8 Å². The lowest BCUT2D eigenvalue weighted by Gasteiger charge is -2.43. The van der Waals surface area contributed by atoms with Crippen molar-refractivity contribution in [3.8, 4) is 5.75 Å². The summed E-state index contributed by atoms with van der Waals surface area (Å²) in [6.07, 6.45) is -0.00977. The van der Waals surface area contributed by atoms with Gasteiger partial charge in [-0.3, -0.25) is 4.79 Å². The molecule has 2 aliphatic carbocycles. The lowest BCUT2D eigenvalue weighted by Crippen LogP contribution is -2.50. The fourth-order valence-corrected chi connectivity index (χ4v) is 5.38. The van der Waals surface area contributed by atoms with E-state index < -0.39 is 47.2 Å². The van der Waals surface area contributed by atoms with Crippen molar-refractivity contribution in [3.05, 3.63) is 41.5 Å². The topological polar surface area (TPSA) is 102 Å². The van der Waals surface area contributed by atoms with Crippen LogP contribution in [0.4, 0.5) is 0 Å². The zero-order chi connectivity index (χ0) is 23.8. The first-order chi connectivity index (χ1) is 14.9. The van der Waals surface area contributed by atoms with Crippen LogP contribution in [0.15, 0.2) is 35.9 Å². The molecule has 0 spiro atoms. The van der Waals surface area contributed by atoms with Crippen LogP contribution in [0.5, 0.6) is 5.75 Å². The Morgan fingerprint density at radius 2 is 1.75 bits per heavy atom. The predicted molar refractivity (Wildman–Crippen MR) is 118 cm³/mol. The molecule has 2 N–H and O–H groups in total. The van der Waals surface area contributed by atoms with Gasteiger partial charge in [0, 0.05) is 24.7 Å². The molecule has 7 nitrogen and oxygen atoms in total. The number of methoxy groups -OCH3 is 1. The summed E-state index contributed by atoms with van der Waals surface area (Å²) in [5.41, 5.74) is -1.06. The van der Waals surface area contributed by atoms with E-state index >= 15 is 0 Å². The first-order valence-electron chi connectivity index (χ1n) is 11.0. The second kappa shape index (κ2) is 8.87. The largest absolute Gasteiger partial charge is 0.497 e. The molecule has 0 amide bonds. The molecule has 7 heteroatoms. The van der Waals surface area contributed by atoms with Gasteiger partial charge in [-0.05, 0) is 55.2 Å². The Balaban J connectivity index is 2.04. The number of aliphatic hydroxyl groups is 2. The molecule has 1 saturated carbocycles. The molecule has 0 saturated heterocycles. The molecule has 6 atom stereocenters. The van der Waals surface area contributed by atoms with E-state index in [9.17, 15) is 19.8 Å². The fourth-order valence-electron chi connectivity index (χ4n) is 5.38. The molecule has 176 valence electrons. The Labute approximate surface area is 189 Å². The molecular formula is C25H34O7. The number of ether oxygens (including phenoxy) is 3. The Bertz CT molecular complexity index is 890. The number of fused-ring (bicyclic) bond motifs is 1. The highest BCUT2D eigenvalue weighted by molar-refractivity contribution is 5.89. The summed E-state index contributed by atoms with van der Waals surface area (Å²) in [5, 5.41) is 22.6. The van der Waals surface area contributed by atoms with E-state index in [1.807, 2.05) is 20.8 Å². The summed E-state index contributed by atoms with van der Waals surface area (Å²) in [5.74, 6) is -1.13. The number of benzene rings is 1. The van der Waals surface area contributed by atoms with Crippen molar-refractivity contribution in [1.29, 1.82) is 0 Å². The first-order valence-corrected chi connectivity index (χ1v) is 11.0. The van der Waals surface area contributed by atoms with Crippen molar-refractivity contribution in [2.45, 2.75) is 71.4 Å². The second-order valence-corrected chi connectivity index (χ2v) is 9.66. The molecule has 32 heavy (non-hydrogen) atoms. The van der Waals surface area contributed by atoms with Crippen LogP contribution in [0.25, 0.3) is 0 Å². The average Bonchev–Trinajstić information content (AvgIpc) is 2.87. The SMILES string of the molecule is COc1ccc(C(=O)O[C@H]2C=C(C)[C@@H](O)C[C@@]3(C)[C@@H](OC(C)=O)C[C@@](O)(C(C)C)[C@H]23)cc1. The highest BCUT2D eigenvalue weighted by atomic mass is 16.6. The lowest BCUT2D eigenvalue weighted by molar-refractivity contribution is -0.154. The molecule has 0 radical (unpaired) electrons. The quantitative estimate of drug-likeness (QED) is 0.529. The molecule has 0 bridgehead atoms. The summed E-state index contributed by atoms with van der Waals surface area (Å²) in [4.78, 5) is 24.9. The molecule has 0 aromatic heterocycles. The van der Waals surface area contributed by atoms with E-state index in [-0.39, 0.29) is 18.8 Å². The minimum atomic E-state index is -1.26. The summed E-state index contributed by atoms with van der Waals surface area (Å²) in [7, 11) is 1.55. The maximum Gasteiger partial charge on any atom is 0.338 e. The van der Waals surface area contributed by atoms with Gasteiger partial charge < -0.3 is 24.4 Å². The highest BCUT2D eigenvalue weighted by Crippen LogP contribution is 2.59. The van der Waals surface area contributed by atoms with E-state index in [1.54, 1.807) is 44.4 Å². The van der Waals surface area contributed by atoms with Crippen molar-refractivity contribution < 1.29 is 34.0 Å². The van der Waals surface area contributed by atoms with Gasteiger partial charge in [0.05, 0.1) is 24.4 Å². The van der Waals surface area contributed by atoms with Gasteiger partial charge in [0.25, 0.3) is 0 Å². The lowest BCUT2D eigenvalue weighted by atomic mass is 9.67. The van der Waals surface area contributed by atoms with Crippen LogP contribution in [-0.4, -0.2) is 53.2 Å². The number of esters is 2. The van der Waals surface area contributed by atoms with E-state index in [2.05, 4.69) is 0 Å². The van der Waals surface area contributed by atoms with Crippen molar-refractivity contribution in [2.24, 2.45) is 17.3 Å². The smallest absolute Gasteiger partial charge is 0.338 e. The number of aliphatic hydroxyl groups excluding tert-OH is 1. The maximum absolute atomic E-state index is 13.0. The van der Waals surface area contributed by atoms with Gasteiger partial charge >= 0.3 is 11.9 Å². The van der Waals surface area contributed by atoms with Crippen LogP contribution >= 0.6 is 0 Å². The first kappa shape index (κ1) is 24.3. The van der Waals surface area contributed by atoms with Crippen molar-refractivity contribution in [2.75, 3.05) is 7.11 Å². The van der Waals surface area contributed by atoms with Crippen LogP contribution < -0.4 is 4.74 Å². The summed E-state index contributed by atoms with van der Waals surface area (Å²) in [6.45, 7) is 8.81. The molecule has 1 aromatic carbocycles. The van der Waals surface area contributed by atoms with Crippen LogP contribution in [0.2, 0.25) is 0 Å². The monoisotopic (exact) mass is 446 g/mol. The molecule has 1 aromatic rings. The minimum absolute atomic E-state index is 0.196. The van der Waals surface area contributed by atoms with Gasteiger partial charge in [-0.25, -0.2) is 4.79 Å².